The van der Waals surface area contributed by atoms with Crippen molar-refractivity contribution in [2.24, 2.45) is 0 Å². The number of benzene rings is 2. The average Bonchev–Trinajstić information content (AvgIpc) is 3.44. The Morgan fingerprint density at radius 3 is 2.62 bits per heavy atom. The molecule has 0 fully saturated rings. The van der Waals surface area contributed by atoms with Crippen molar-refractivity contribution in [3.8, 4) is 0 Å². The van der Waals surface area contributed by atoms with E-state index in [1.807, 2.05) is 49.4 Å². The molecule has 1 aliphatic heterocycles. The molecule has 32 heavy (non-hydrogen) atoms. The summed E-state index contributed by atoms with van der Waals surface area (Å²) in [5.41, 5.74) is 3.95. The summed E-state index contributed by atoms with van der Waals surface area (Å²) in [5.74, 6) is 0.424. The van der Waals surface area contributed by atoms with Crippen molar-refractivity contribution in [2.75, 3.05) is 10.6 Å². The lowest BCUT2D eigenvalue weighted by atomic mass is 10.0. The molecule has 4 aromatic rings. The Morgan fingerprint density at radius 2 is 1.91 bits per heavy atom. The van der Waals surface area contributed by atoms with Gasteiger partial charge in [0.15, 0.2) is 5.76 Å². The normalized spacial score (nSPS) is 14.6. The van der Waals surface area contributed by atoms with Crippen LogP contribution in [-0.4, -0.2) is 20.7 Å². The van der Waals surface area contributed by atoms with Gasteiger partial charge in [-0.05, 0) is 42.3 Å². The molecule has 1 amide bonds. The van der Waals surface area contributed by atoms with Gasteiger partial charge in [0.25, 0.3) is 11.9 Å². The predicted molar refractivity (Wildman–Crippen MR) is 126 cm³/mol. The minimum atomic E-state index is -0.422. The van der Waals surface area contributed by atoms with Crippen LogP contribution >= 0.6 is 24.0 Å². The first-order chi connectivity index (χ1) is 15.1. The first kappa shape index (κ1) is 21.7. The van der Waals surface area contributed by atoms with E-state index in [4.69, 9.17) is 16.0 Å². The van der Waals surface area contributed by atoms with Crippen LogP contribution in [0, 0.1) is 6.92 Å². The zero-order chi connectivity index (χ0) is 21.4. The quantitative estimate of drug-likeness (QED) is 0.410. The number of anilines is 2. The molecular weight excluding hydrogens is 449 g/mol. The highest BCUT2D eigenvalue weighted by Crippen LogP contribution is 2.36. The highest BCUT2D eigenvalue weighted by atomic mass is 35.5. The van der Waals surface area contributed by atoms with Crippen LogP contribution in [0.2, 0.25) is 5.02 Å². The largest absolute Gasteiger partial charge is 0.459 e. The summed E-state index contributed by atoms with van der Waals surface area (Å²) in [7, 11) is 0. The third kappa shape index (κ3) is 4.12. The minimum Gasteiger partial charge on any atom is -0.459 e. The van der Waals surface area contributed by atoms with E-state index < -0.39 is 5.91 Å². The van der Waals surface area contributed by atoms with Gasteiger partial charge in [-0.1, -0.05) is 59.6 Å². The first-order valence-corrected chi connectivity index (χ1v) is 10.1. The van der Waals surface area contributed by atoms with Gasteiger partial charge >= 0.3 is 0 Å². The molecule has 7 nitrogen and oxygen atoms in total. The summed E-state index contributed by atoms with van der Waals surface area (Å²) in [6.45, 7) is 2.05. The smallest absolute Gasteiger partial charge is 0.293 e. The Balaban J connectivity index is 0.00000245. The molecule has 2 aromatic carbocycles. The van der Waals surface area contributed by atoms with Crippen molar-refractivity contribution < 1.29 is 9.21 Å². The van der Waals surface area contributed by atoms with Crippen LogP contribution in [-0.2, 0) is 0 Å². The van der Waals surface area contributed by atoms with E-state index in [-0.39, 0.29) is 30.2 Å². The monoisotopic (exact) mass is 467 g/mol. The molecule has 0 radical (unpaired) electrons. The van der Waals surface area contributed by atoms with Gasteiger partial charge in [0.1, 0.15) is 6.04 Å². The summed E-state index contributed by atoms with van der Waals surface area (Å²) >= 11 is 6.50. The number of halogens is 2. The van der Waals surface area contributed by atoms with Crippen molar-refractivity contribution >= 4 is 47.5 Å². The summed E-state index contributed by atoms with van der Waals surface area (Å²) in [4.78, 5) is 16.8. The Labute approximate surface area is 195 Å². The zero-order valence-electron chi connectivity index (χ0n) is 16.9. The fourth-order valence-electron chi connectivity index (χ4n) is 3.45. The number of allylic oxidation sites excluding steroid dienone is 1. The van der Waals surface area contributed by atoms with E-state index in [2.05, 4.69) is 32.8 Å². The van der Waals surface area contributed by atoms with Crippen molar-refractivity contribution in [1.29, 1.82) is 0 Å². The van der Waals surface area contributed by atoms with Crippen molar-refractivity contribution in [1.82, 2.24) is 14.8 Å². The maximum atomic E-state index is 12.4. The first-order valence-electron chi connectivity index (χ1n) is 9.70. The van der Waals surface area contributed by atoms with E-state index in [0.29, 0.717) is 11.0 Å². The summed E-state index contributed by atoms with van der Waals surface area (Å²) in [6, 6.07) is 18.7. The zero-order valence-corrected chi connectivity index (χ0v) is 18.5. The molecule has 0 bridgehead atoms. The molecular formula is C23H19Cl2N5O2. The number of aromatic nitrogens is 3. The Kier molecular flexibility index (Phi) is 6.03. The molecule has 0 spiro atoms. The second-order valence-electron chi connectivity index (χ2n) is 7.17. The van der Waals surface area contributed by atoms with E-state index in [1.54, 1.807) is 16.8 Å². The fraction of sp³-hybridized carbons (Fsp3) is 0.0870. The van der Waals surface area contributed by atoms with Gasteiger partial charge in [-0.2, -0.15) is 4.98 Å². The number of carbonyl (C=O) groups is 1. The van der Waals surface area contributed by atoms with Gasteiger partial charge in [0.05, 0.1) is 6.26 Å². The van der Waals surface area contributed by atoms with Gasteiger partial charge in [0, 0.05) is 10.7 Å². The molecule has 1 atom stereocenters. The summed E-state index contributed by atoms with van der Waals surface area (Å²) < 4.78 is 6.85. The SMILES string of the molecule is Cc1ccc(C2=CC(c3ccccc3Cl)n3nc(NC(=O)c4ccco4)nc3N2)cc1.Cl. The third-order valence-corrected chi connectivity index (χ3v) is 5.37. The van der Waals surface area contributed by atoms with Gasteiger partial charge in [-0.3, -0.25) is 10.1 Å². The van der Waals surface area contributed by atoms with Crippen LogP contribution in [0.5, 0.6) is 0 Å². The third-order valence-electron chi connectivity index (χ3n) is 5.02. The number of aryl methyl sites for hydroxylation is 1. The van der Waals surface area contributed by atoms with E-state index in [9.17, 15) is 4.79 Å². The topological polar surface area (TPSA) is 85.0 Å². The Bertz CT molecular complexity index is 1280. The maximum Gasteiger partial charge on any atom is 0.293 e. The Hall–Kier alpha value is -3.55. The molecule has 1 unspecified atom stereocenters. The molecule has 162 valence electrons. The highest BCUT2D eigenvalue weighted by molar-refractivity contribution is 6.31. The standard InChI is InChI=1S/C23H18ClN5O2.ClH/c1-14-8-10-15(11-9-14)18-13-19(16-5-2-3-6-17(16)24)29-23(25-18)27-22(28-29)26-21(30)20-7-4-12-31-20;/h2-13,19H,1H3,(H2,25,26,27,28,30);1H. The van der Waals surface area contributed by atoms with E-state index in [0.717, 1.165) is 16.8 Å². The molecule has 3 heterocycles. The van der Waals surface area contributed by atoms with Crippen LogP contribution in [0.15, 0.2) is 77.4 Å². The van der Waals surface area contributed by atoms with E-state index >= 15 is 0 Å². The number of hydrogen-bond acceptors (Lipinski definition) is 5. The van der Waals surface area contributed by atoms with Gasteiger partial charge in [-0.15, -0.1) is 17.5 Å². The molecule has 0 aliphatic carbocycles. The number of nitrogens with one attached hydrogen (secondary N) is 2. The van der Waals surface area contributed by atoms with Crippen molar-refractivity contribution in [3.63, 3.8) is 0 Å². The summed E-state index contributed by atoms with van der Waals surface area (Å²) in [6.07, 6.45) is 3.49. The molecule has 9 heteroatoms. The Morgan fingerprint density at radius 1 is 1.12 bits per heavy atom. The van der Waals surface area contributed by atoms with Gasteiger partial charge in [-0.25, -0.2) is 4.68 Å². The van der Waals surface area contributed by atoms with Gasteiger partial charge in [0.2, 0.25) is 5.95 Å². The van der Waals surface area contributed by atoms with Crippen molar-refractivity contribution in [3.05, 3.63) is 100 Å². The number of amides is 1. The number of fused-ring (bicyclic) bond motifs is 1. The highest BCUT2D eigenvalue weighted by Gasteiger charge is 2.27. The average molecular weight is 468 g/mol. The van der Waals surface area contributed by atoms with Crippen LogP contribution in [0.1, 0.15) is 33.3 Å². The number of hydrogen-bond donors (Lipinski definition) is 2. The number of furan rings is 1. The lowest BCUT2D eigenvalue weighted by Crippen LogP contribution is -2.20. The fourth-order valence-corrected chi connectivity index (χ4v) is 3.70. The predicted octanol–water partition coefficient (Wildman–Crippen LogP) is 5.56. The van der Waals surface area contributed by atoms with E-state index in [1.165, 1.54) is 11.8 Å². The van der Waals surface area contributed by atoms with Crippen LogP contribution < -0.4 is 10.6 Å². The minimum absolute atomic E-state index is 0. The second kappa shape index (κ2) is 8.90. The number of carbonyl (C=O) groups excluding carboxylic acids is 1. The lowest BCUT2D eigenvalue weighted by molar-refractivity contribution is 0.0996. The van der Waals surface area contributed by atoms with Gasteiger partial charge < -0.3 is 9.73 Å². The maximum absolute atomic E-state index is 12.4. The molecule has 2 aromatic heterocycles. The second-order valence-corrected chi connectivity index (χ2v) is 7.58. The van der Waals surface area contributed by atoms with Crippen molar-refractivity contribution in [2.45, 2.75) is 13.0 Å². The molecule has 2 N–H and O–H groups in total. The number of rotatable bonds is 4. The van der Waals surface area contributed by atoms with Crippen LogP contribution in [0.25, 0.3) is 5.70 Å². The molecule has 1 aliphatic rings. The van der Waals surface area contributed by atoms with Crippen LogP contribution in [0.4, 0.5) is 11.9 Å². The molecule has 0 saturated carbocycles. The summed E-state index contributed by atoms with van der Waals surface area (Å²) in [5, 5.41) is 11.1. The number of nitrogens with zero attached hydrogens (tertiary/aromatic N) is 3. The molecule has 0 saturated heterocycles. The molecule has 5 rings (SSSR count). The van der Waals surface area contributed by atoms with Crippen LogP contribution in [0.3, 0.4) is 0 Å². The lowest BCUT2D eigenvalue weighted by Gasteiger charge is -2.25.